The van der Waals surface area contributed by atoms with Crippen LogP contribution >= 0.6 is 34.8 Å². The molecule has 1 rings (SSSR count). The first-order valence-corrected chi connectivity index (χ1v) is 7.81. The molecule has 0 radical (unpaired) electrons. The largest absolute Gasteiger partial charge is 0.252 e. The molecule has 3 nitrogen and oxygen atoms in total. The second-order valence-electron chi connectivity index (χ2n) is 3.52. The van der Waals surface area contributed by atoms with Crippen molar-refractivity contribution in [2.45, 2.75) is 11.3 Å². The molecule has 0 aliphatic rings. The maximum Gasteiger partial charge on any atom is 0.252 e. The van der Waals surface area contributed by atoms with E-state index in [-0.39, 0.29) is 27.4 Å². The van der Waals surface area contributed by atoms with E-state index in [1.165, 1.54) is 12.1 Å². The third kappa shape index (κ3) is 4.43. The highest BCUT2D eigenvalue weighted by Crippen LogP contribution is 2.28. The molecule has 0 aliphatic carbocycles. The molecule has 0 aromatic heterocycles. The van der Waals surface area contributed by atoms with Crippen LogP contribution in [0.15, 0.2) is 23.1 Å². The second-order valence-corrected chi connectivity index (χ2v) is 6.65. The quantitative estimate of drug-likeness (QED) is 0.735. The highest BCUT2D eigenvalue weighted by atomic mass is 35.5. The van der Waals surface area contributed by atoms with Crippen LogP contribution in [0.2, 0.25) is 10.0 Å². The van der Waals surface area contributed by atoms with Gasteiger partial charge in [-0.05, 0) is 18.2 Å². The average Bonchev–Trinajstić information content (AvgIpc) is 2.31. The van der Waals surface area contributed by atoms with Gasteiger partial charge in [0.05, 0.1) is 11.6 Å². The fourth-order valence-electron chi connectivity index (χ4n) is 1.37. The lowest BCUT2D eigenvalue weighted by Crippen LogP contribution is -2.36. The molecule has 1 aromatic rings. The summed E-state index contributed by atoms with van der Waals surface area (Å²) in [6, 6.07) is 3.81. The fraction of sp³-hybridized carbons (Fsp3) is 0.400. The van der Waals surface area contributed by atoms with E-state index in [1.54, 1.807) is 0 Å². The third-order valence-corrected chi connectivity index (χ3v) is 4.94. The van der Waals surface area contributed by atoms with Gasteiger partial charge >= 0.3 is 0 Å². The fourth-order valence-corrected chi connectivity index (χ4v) is 3.83. The van der Waals surface area contributed by atoms with Crippen LogP contribution in [0.25, 0.3) is 0 Å². The number of alkyl halides is 3. The van der Waals surface area contributed by atoms with Gasteiger partial charge in [0.2, 0.25) is 10.0 Å². The van der Waals surface area contributed by atoms with Gasteiger partial charge in [0.25, 0.3) is 6.43 Å². The summed E-state index contributed by atoms with van der Waals surface area (Å²) in [4.78, 5) is -0.313. The maximum atomic E-state index is 12.4. The van der Waals surface area contributed by atoms with E-state index in [4.69, 9.17) is 34.8 Å². The number of hydrogen-bond acceptors (Lipinski definition) is 2. The molecule has 0 N–H and O–H groups in total. The molecular weight excluding hydrogens is 343 g/mol. The predicted molar refractivity (Wildman–Crippen MR) is 71.9 cm³/mol. The summed E-state index contributed by atoms with van der Waals surface area (Å²) < 4.78 is 49.9. The van der Waals surface area contributed by atoms with Crippen molar-refractivity contribution in [1.29, 1.82) is 0 Å². The van der Waals surface area contributed by atoms with Crippen LogP contribution in [0.1, 0.15) is 0 Å². The zero-order chi connectivity index (χ0) is 14.6. The maximum absolute atomic E-state index is 12.4. The minimum Gasteiger partial charge on any atom is -0.209 e. The Morgan fingerprint density at radius 1 is 1.26 bits per heavy atom. The Morgan fingerprint density at radius 3 is 2.42 bits per heavy atom. The smallest absolute Gasteiger partial charge is 0.209 e. The molecule has 0 saturated carbocycles. The summed E-state index contributed by atoms with van der Waals surface area (Å²) in [5, 5.41) is 0.0593. The third-order valence-electron chi connectivity index (χ3n) is 2.19. The van der Waals surface area contributed by atoms with Gasteiger partial charge in [0, 0.05) is 17.4 Å². The lowest BCUT2D eigenvalue weighted by Gasteiger charge is -2.21. The van der Waals surface area contributed by atoms with Gasteiger partial charge in [-0.1, -0.05) is 23.2 Å². The normalized spacial score (nSPS) is 12.4. The lowest BCUT2D eigenvalue weighted by molar-refractivity contribution is 0.121. The highest BCUT2D eigenvalue weighted by molar-refractivity contribution is 7.89. The Labute approximate surface area is 125 Å². The number of halogens is 5. The van der Waals surface area contributed by atoms with Crippen molar-refractivity contribution in [2.75, 3.05) is 19.0 Å². The molecule has 0 aliphatic heterocycles. The Kier molecular flexibility index (Phi) is 6.26. The zero-order valence-electron chi connectivity index (χ0n) is 9.49. The van der Waals surface area contributed by atoms with Crippen molar-refractivity contribution in [3.05, 3.63) is 28.2 Å². The van der Waals surface area contributed by atoms with E-state index < -0.39 is 23.0 Å². The van der Waals surface area contributed by atoms with Crippen molar-refractivity contribution >= 4 is 44.8 Å². The standard InChI is InChI=1S/C10H10Cl3F2NO2S/c11-3-4-16(6-10(14)15)19(17,18)9-5-7(12)1-2-8(9)13/h1-2,5,10H,3-4,6H2. The summed E-state index contributed by atoms with van der Waals surface area (Å²) >= 11 is 16.9. The summed E-state index contributed by atoms with van der Waals surface area (Å²) in [6.07, 6.45) is -2.81. The first-order valence-electron chi connectivity index (χ1n) is 5.08. The molecule has 0 spiro atoms. The highest BCUT2D eigenvalue weighted by Gasteiger charge is 2.28. The average molecular weight is 353 g/mol. The molecule has 1 aromatic carbocycles. The Balaban J connectivity index is 3.22. The zero-order valence-corrected chi connectivity index (χ0v) is 12.6. The first kappa shape index (κ1) is 16.9. The van der Waals surface area contributed by atoms with E-state index in [1.807, 2.05) is 0 Å². The van der Waals surface area contributed by atoms with E-state index in [9.17, 15) is 17.2 Å². The molecule has 0 amide bonds. The monoisotopic (exact) mass is 351 g/mol. The van der Waals surface area contributed by atoms with Crippen LogP contribution in [0.4, 0.5) is 8.78 Å². The lowest BCUT2D eigenvalue weighted by atomic mass is 10.4. The molecule has 0 heterocycles. The van der Waals surface area contributed by atoms with Gasteiger partial charge in [-0.3, -0.25) is 0 Å². The summed E-state index contributed by atoms with van der Waals surface area (Å²) in [7, 11) is -4.16. The van der Waals surface area contributed by atoms with Crippen molar-refractivity contribution < 1.29 is 17.2 Å². The molecular formula is C10H10Cl3F2NO2S. The van der Waals surface area contributed by atoms with E-state index >= 15 is 0 Å². The molecule has 0 fully saturated rings. The predicted octanol–water partition coefficient (Wildman–Crippen LogP) is 3.49. The SMILES string of the molecule is O=S(=O)(c1cc(Cl)ccc1Cl)N(CCCl)CC(F)F. The van der Waals surface area contributed by atoms with Crippen molar-refractivity contribution in [2.24, 2.45) is 0 Å². The van der Waals surface area contributed by atoms with Gasteiger partial charge in [-0.2, -0.15) is 4.31 Å². The van der Waals surface area contributed by atoms with Crippen molar-refractivity contribution in [3.63, 3.8) is 0 Å². The summed E-state index contributed by atoms with van der Waals surface area (Å²) in [5.74, 6) is -0.107. The summed E-state index contributed by atoms with van der Waals surface area (Å²) in [6.45, 7) is -1.19. The van der Waals surface area contributed by atoms with Gasteiger partial charge in [-0.15, -0.1) is 11.6 Å². The van der Waals surface area contributed by atoms with Crippen LogP contribution in [0.3, 0.4) is 0 Å². The number of nitrogens with zero attached hydrogens (tertiary/aromatic N) is 1. The molecule has 19 heavy (non-hydrogen) atoms. The number of hydrogen-bond donors (Lipinski definition) is 0. The number of rotatable bonds is 6. The Hall–Kier alpha value is -0.140. The molecule has 0 unspecified atom stereocenters. The van der Waals surface area contributed by atoms with Crippen LogP contribution in [-0.4, -0.2) is 38.1 Å². The Bertz CT molecular complexity index is 540. The molecule has 0 saturated heterocycles. The molecule has 0 bridgehead atoms. The van der Waals surface area contributed by atoms with E-state index in [2.05, 4.69) is 0 Å². The summed E-state index contributed by atoms with van der Waals surface area (Å²) in [5.41, 5.74) is 0. The van der Waals surface area contributed by atoms with Crippen molar-refractivity contribution in [1.82, 2.24) is 4.31 Å². The van der Waals surface area contributed by atoms with Gasteiger partial charge in [-0.25, -0.2) is 17.2 Å². The minimum atomic E-state index is -4.16. The van der Waals surface area contributed by atoms with Crippen molar-refractivity contribution in [3.8, 4) is 0 Å². The minimum absolute atomic E-state index is 0.0850. The van der Waals surface area contributed by atoms with Crippen LogP contribution < -0.4 is 0 Å². The van der Waals surface area contributed by atoms with Gasteiger partial charge in [0.1, 0.15) is 4.90 Å². The van der Waals surface area contributed by atoms with Gasteiger partial charge in [0.15, 0.2) is 0 Å². The number of sulfonamides is 1. The van der Waals surface area contributed by atoms with E-state index in [0.717, 1.165) is 6.07 Å². The van der Waals surface area contributed by atoms with Crippen LogP contribution in [-0.2, 0) is 10.0 Å². The molecule has 9 heteroatoms. The van der Waals surface area contributed by atoms with Crippen LogP contribution in [0, 0.1) is 0 Å². The van der Waals surface area contributed by atoms with Gasteiger partial charge < -0.3 is 0 Å². The molecule has 108 valence electrons. The Morgan fingerprint density at radius 2 is 1.89 bits per heavy atom. The van der Waals surface area contributed by atoms with E-state index in [0.29, 0.717) is 4.31 Å². The molecule has 0 atom stereocenters. The number of benzene rings is 1. The topological polar surface area (TPSA) is 37.4 Å². The second kappa shape index (κ2) is 7.04. The van der Waals surface area contributed by atoms with Crippen LogP contribution in [0.5, 0.6) is 0 Å². The first-order chi connectivity index (χ1) is 8.78.